The summed E-state index contributed by atoms with van der Waals surface area (Å²) in [5, 5.41) is 28.4. The number of tetrazole rings is 1. The van der Waals surface area contributed by atoms with Crippen molar-refractivity contribution in [2.24, 2.45) is 0 Å². The Morgan fingerprint density at radius 1 is 1.22 bits per heavy atom. The first-order valence-corrected chi connectivity index (χ1v) is 12.8. The lowest BCUT2D eigenvalue weighted by Gasteiger charge is -2.40. The van der Waals surface area contributed by atoms with Gasteiger partial charge in [-0.05, 0) is 56.9 Å². The molecule has 1 unspecified atom stereocenters. The van der Waals surface area contributed by atoms with Gasteiger partial charge in [-0.2, -0.15) is 0 Å². The molecule has 2 aromatic heterocycles. The number of nitrogens with zero attached hydrogens (tertiary/aromatic N) is 4. The summed E-state index contributed by atoms with van der Waals surface area (Å²) >= 11 is 10.1. The zero-order valence-corrected chi connectivity index (χ0v) is 22.0. The molecule has 3 heterocycles. The summed E-state index contributed by atoms with van der Waals surface area (Å²) in [6, 6.07) is 13.6. The van der Waals surface area contributed by atoms with E-state index in [-0.39, 0.29) is 10.9 Å². The second-order valence-electron chi connectivity index (χ2n) is 8.69. The summed E-state index contributed by atoms with van der Waals surface area (Å²) in [6.07, 6.45) is 2.33. The number of aromatic amines is 1. The van der Waals surface area contributed by atoms with Crippen LogP contribution in [0, 0.1) is 0 Å². The van der Waals surface area contributed by atoms with Gasteiger partial charge in [0.1, 0.15) is 22.2 Å². The number of hydrogen-bond donors (Lipinski definition) is 3. The SMILES string of the molecule is CCCC1(CC)NC(Cl)=C(C(=O)O)N1Cc1ccc2oc(-c3ccccc3-c3nnn[nH]3)c(Br)c2c1. The Balaban J connectivity index is 1.56. The minimum absolute atomic E-state index is 0.0913. The molecule has 0 amide bonds. The summed E-state index contributed by atoms with van der Waals surface area (Å²) in [4.78, 5) is 14.0. The van der Waals surface area contributed by atoms with E-state index in [1.807, 2.05) is 54.3 Å². The van der Waals surface area contributed by atoms with Gasteiger partial charge in [0, 0.05) is 23.1 Å². The number of hydrogen-bond acceptors (Lipinski definition) is 7. The topological polar surface area (TPSA) is 120 Å². The first kappa shape index (κ1) is 24.3. The second-order valence-corrected chi connectivity index (χ2v) is 9.86. The van der Waals surface area contributed by atoms with Crippen LogP contribution >= 0.6 is 27.5 Å². The van der Waals surface area contributed by atoms with E-state index >= 15 is 0 Å². The summed E-state index contributed by atoms with van der Waals surface area (Å²) in [5.74, 6) is 0.141. The van der Waals surface area contributed by atoms with Crippen LogP contribution in [0.1, 0.15) is 38.7 Å². The number of H-pyrrole nitrogens is 1. The molecule has 3 N–H and O–H groups in total. The number of furan rings is 1. The first-order chi connectivity index (χ1) is 17.4. The minimum Gasteiger partial charge on any atom is -0.476 e. The third-order valence-electron chi connectivity index (χ3n) is 6.59. The van der Waals surface area contributed by atoms with Crippen molar-refractivity contribution in [3.8, 4) is 22.7 Å². The molecule has 11 heteroatoms. The summed E-state index contributed by atoms with van der Waals surface area (Å²) in [7, 11) is 0. The van der Waals surface area contributed by atoms with E-state index in [9.17, 15) is 9.90 Å². The number of carbonyl (C=O) groups is 1. The van der Waals surface area contributed by atoms with Gasteiger partial charge >= 0.3 is 5.97 Å². The number of carboxylic acids is 1. The van der Waals surface area contributed by atoms with Crippen molar-refractivity contribution in [3.05, 3.63) is 63.4 Å². The van der Waals surface area contributed by atoms with Gasteiger partial charge in [-0.25, -0.2) is 9.89 Å². The third-order valence-corrected chi connectivity index (χ3v) is 7.65. The quantitative estimate of drug-likeness (QED) is 0.225. The van der Waals surface area contributed by atoms with E-state index in [1.165, 1.54) is 0 Å². The van der Waals surface area contributed by atoms with Crippen LogP contribution in [0.3, 0.4) is 0 Å². The Bertz CT molecular complexity index is 1470. The van der Waals surface area contributed by atoms with Crippen LogP contribution in [0.5, 0.6) is 0 Å². The van der Waals surface area contributed by atoms with Gasteiger partial charge in [0.25, 0.3) is 0 Å². The Morgan fingerprint density at radius 3 is 2.67 bits per heavy atom. The van der Waals surface area contributed by atoms with Crippen LogP contribution in [0.4, 0.5) is 0 Å². The van der Waals surface area contributed by atoms with Gasteiger partial charge in [0.2, 0.25) is 0 Å². The van der Waals surface area contributed by atoms with E-state index in [1.54, 1.807) is 0 Å². The van der Waals surface area contributed by atoms with Crippen molar-refractivity contribution < 1.29 is 14.3 Å². The van der Waals surface area contributed by atoms with Crippen molar-refractivity contribution in [3.63, 3.8) is 0 Å². The fourth-order valence-corrected chi connectivity index (χ4v) is 5.86. The number of aliphatic carboxylic acids is 1. The van der Waals surface area contributed by atoms with Crippen LogP contribution in [0.25, 0.3) is 33.7 Å². The van der Waals surface area contributed by atoms with Crippen molar-refractivity contribution in [2.45, 2.75) is 45.3 Å². The maximum atomic E-state index is 12.1. The van der Waals surface area contributed by atoms with Crippen LogP contribution in [-0.4, -0.2) is 42.3 Å². The molecule has 4 aromatic rings. The standard InChI is InChI=1S/C25H24BrClN6O3/c1-3-11-25(4-2)28-22(27)20(24(34)35)33(25)13-14-9-10-18-17(12-14)19(26)21(36-18)15-7-5-6-8-16(15)23-29-31-32-30-23/h5-10,12,28H,3-4,11,13H2,1-2H3,(H,34,35)(H,29,30,31,32). The lowest BCUT2D eigenvalue weighted by molar-refractivity contribution is -0.135. The lowest BCUT2D eigenvalue weighted by atomic mass is 9.98. The van der Waals surface area contributed by atoms with Crippen molar-refractivity contribution >= 4 is 44.5 Å². The molecule has 0 fully saturated rings. The summed E-state index contributed by atoms with van der Waals surface area (Å²) in [5.41, 5.74) is 2.81. The van der Waals surface area contributed by atoms with E-state index in [0.29, 0.717) is 30.1 Å². The molecule has 0 spiro atoms. The molecule has 0 saturated heterocycles. The maximum absolute atomic E-state index is 12.1. The molecule has 186 valence electrons. The Labute approximate surface area is 220 Å². The number of nitrogens with one attached hydrogen (secondary N) is 2. The first-order valence-electron chi connectivity index (χ1n) is 11.6. The average Bonchev–Trinajstić information content (AvgIpc) is 3.57. The lowest BCUT2D eigenvalue weighted by Crippen LogP contribution is -2.52. The van der Waals surface area contributed by atoms with Crippen LogP contribution in [0.15, 0.2) is 62.2 Å². The zero-order chi connectivity index (χ0) is 25.4. The Kier molecular flexibility index (Phi) is 6.48. The summed E-state index contributed by atoms with van der Waals surface area (Å²) in [6.45, 7) is 4.49. The van der Waals surface area contributed by atoms with Gasteiger partial charge in [-0.1, -0.05) is 62.2 Å². The largest absolute Gasteiger partial charge is 0.476 e. The highest BCUT2D eigenvalue weighted by Crippen LogP contribution is 2.42. The smallest absolute Gasteiger partial charge is 0.355 e. The number of rotatable bonds is 8. The van der Waals surface area contributed by atoms with Crippen LogP contribution in [0.2, 0.25) is 0 Å². The molecule has 1 atom stereocenters. The molecule has 5 rings (SSSR count). The fraction of sp³-hybridized carbons (Fsp3) is 0.280. The van der Waals surface area contributed by atoms with Gasteiger partial charge in [0.05, 0.1) is 4.47 Å². The molecule has 0 saturated carbocycles. The zero-order valence-electron chi connectivity index (χ0n) is 19.7. The van der Waals surface area contributed by atoms with Gasteiger partial charge in [-0.3, -0.25) is 0 Å². The van der Waals surface area contributed by atoms with Gasteiger partial charge in [0.15, 0.2) is 11.5 Å². The molecule has 0 radical (unpaired) electrons. The van der Waals surface area contributed by atoms with Crippen LogP contribution in [-0.2, 0) is 11.3 Å². The van der Waals surface area contributed by atoms with E-state index in [2.05, 4.69) is 48.8 Å². The van der Waals surface area contributed by atoms with Crippen molar-refractivity contribution in [1.82, 2.24) is 30.8 Å². The Morgan fingerprint density at radius 2 is 2.00 bits per heavy atom. The highest BCUT2D eigenvalue weighted by molar-refractivity contribution is 9.10. The van der Waals surface area contributed by atoms with E-state index < -0.39 is 11.6 Å². The normalized spacial score (nSPS) is 17.7. The minimum atomic E-state index is -1.05. The molecule has 1 aliphatic heterocycles. The molecule has 2 aromatic carbocycles. The number of carboxylic acid groups (broad SMARTS) is 1. The molecular formula is C25H24BrClN6O3. The Hall–Kier alpha value is -3.37. The number of benzene rings is 2. The number of aromatic nitrogens is 4. The molecule has 0 aliphatic carbocycles. The van der Waals surface area contributed by atoms with Gasteiger partial charge < -0.3 is 19.7 Å². The van der Waals surface area contributed by atoms with Gasteiger partial charge in [-0.15, -0.1) is 5.10 Å². The molecule has 1 aliphatic rings. The monoisotopic (exact) mass is 570 g/mol. The third kappa shape index (κ3) is 4.04. The second kappa shape index (κ2) is 9.59. The molecule has 9 nitrogen and oxygen atoms in total. The van der Waals surface area contributed by atoms with E-state index in [0.717, 1.165) is 39.4 Å². The number of halogens is 2. The van der Waals surface area contributed by atoms with Crippen molar-refractivity contribution in [1.29, 1.82) is 0 Å². The molecular weight excluding hydrogens is 548 g/mol. The fourth-order valence-electron chi connectivity index (χ4n) is 4.90. The van der Waals surface area contributed by atoms with Crippen molar-refractivity contribution in [2.75, 3.05) is 0 Å². The molecule has 0 bridgehead atoms. The predicted octanol–water partition coefficient (Wildman–Crippen LogP) is 5.85. The average molecular weight is 572 g/mol. The van der Waals surface area contributed by atoms with E-state index in [4.69, 9.17) is 16.0 Å². The number of fused-ring (bicyclic) bond motifs is 1. The highest BCUT2D eigenvalue weighted by atomic mass is 79.9. The molecule has 36 heavy (non-hydrogen) atoms. The van der Waals surface area contributed by atoms with Crippen LogP contribution < -0.4 is 5.32 Å². The highest BCUT2D eigenvalue weighted by Gasteiger charge is 2.45. The maximum Gasteiger partial charge on any atom is 0.355 e. The summed E-state index contributed by atoms with van der Waals surface area (Å²) < 4.78 is 7.04. The predicted molar refractivity (Wildman–Crippen MR) is 140 cm³/mol.